The molecule has 0 aliphatic carbocycles. The van der Waals surface area contributed by atoms with Crippen LogP contribution in [0.5, 0.6) is 0 Å². The van der Waals surface area contributed by atoms with Crippen LogP contribution in [0, 0.1) is 0 Å². The standard InChI is InChI=1S/C6H8N2O/c1-2-9-6-3-4-7-5-8-6/h3-5H,2H2,1H3/q+1. The van der Waals surface area contributed by atoms with Crippen LogP contribution in [0.25, 0.3) is 0 Å². The molecule has 0 aromatic heterocycles. The molecule has 1 aliphatic rings. The Balaban J connectivity index is 2.51. The predicted octanol–water partition coefficient (Wildman–Crippen LogP) is 0.313. The van der Waals surface area contributed by atoms with Crippen molar-refractivity contribution in [1.29, 1.82) is 0 Å². The summed E-state index contributed by atoms with van der Waals surface area (Å²) in [6.07, 6.45) is 4.84. The number of ether oxygens (including phenoxy) is 1. The molecule has 3 heteroatoms. The first-order valence-electron chi connectivity index (χ1n) is 2.82. The second kappa shape index (κ2) is 3.02. The summed E-state index contributed by atoms with van der Waals surface area (Å²) >= 11 is 0. The summed E-state index contributed by atoms with van der Waals surface area (Å²) in [5, 5.41) is 0. The first kappa shape index (κ1) is 6.01. The Labute approximate surface area is 53.8 Å². The summed E-state index contributed by atoms with van der Waals surface area (Å²) in [6, 6.07) is 0. The molecule has 1 radical (unpaired) electrons. The lowest BCUT2D eigenvalue weighted by molar-refractivity contribution is 0.228. The second-order valence-corrected chi connectivity index (χ2v) is 1.48. The van der Waals surface area contributed by atoms with Crippen LogP contribution in [0.15, 0.2) is 17.0 Å². The molecule has 0 saturated heterocycles. The fourth-order valence-electron chi connectivity index (χ4n) is 0.512. The lowest BCUT2D eigenvalue weighted by atomic mass is 10.6. The highest BCUT2D eigenvalue weighted by atomic mass is 16.5. The molecule has 0 bridgehead atoms. The average Bonchev–Trinajstić information content (AvgIpc) is 1.91. The van der Waals surface area contributed by atoms with Crippen LogP contribution in [-0.2, 0) is 4.74 Å². The van der Waals surface area contributed by atoms with E-state index in [0.29, 0.717) is 12.5 Å². The van der Waals surface area contributed by atoms with Gasteiger partial charge in [0.15, 0.2) is 0 Å². The maximum atomic E-state index is 5.05. The maximum absolute atomic E-state index is 5.05. The molecular weight excluding hydrogens is 116 g/mol. The fourth-order valence-corrected chi connectivity index (χ4v) is 0.512. The molecule has 0 amide bonds. The van der Waals surface area contributed by atoms with Gasteiger partial charge in [-0.15, -0.1) is 0 Å². The van der Waals surface area contributed by atoms with Gasteiger partial charge in [-0.05, 0) is 11.9 Å². The highest BCUT2D eigenvalue weighted by Gasteiger charge is 2.02. The molecule has 0 aromatic rings. The second-order valence-electron chi connectivity index (χ2n) is 1.48. The van der Waals surface area contributed by atoms with Crippen molar-refractivity contribution < 1.29 is 4.74 Å². The summed E-state index contributed by atoms with van der Waals surface area (Å²) in [5.41, 5.74) is 0. The Kier molecular flexibility index (Phi) is 2.01. The zero-order valence-corrected chi connectivity index (χ0v) is 5.24. The SMILES string of the molecule is CCOC1=CC=[N+]C=N1. The molecule has 3 nitrogen and oxygen atoms in total. The molecule has 47 valence electrons. The minimum atomic E-state index is 0.632. The van der Waals surface area contributed by atoms with Crippen LogP contribution in [0.4, 0.5) is 0 Å². The van der Waals surface area contributed by atoms with E-state index in [1.54, 1.807) is 12.3 Å². The Morgan fingerprint density at radius 1 is 1.78 bits per heavy atom. The Hall–Kier alpha value is -1.12. The molecular formula is C6H8N2O+. The van der Waals surface area contributed by atoms with Crippen LogP contribution >= 0.6 is 0 Å². The van der Waals surface area contributed by atoms with Gasteiger partial charge in [0, 0.05) is 0 Å². The minimum absolute atomic E-state index is 0.632. The van der Waals surface area contributed by atoms with Crippen molar-refractivity contribution in [3.05, 3.63) is 12.0 Å². The van der Waals surface area contributed by atoms with E-state index in [4.69, 9.17) is 4.74 Å². The van der Waals surface area contributed by atoms with E-state index in [2.05, 4.69) is 9.98 Å². The summed E-state index contributed by atoms with van der Waals surface area (Å²) in [7, 11) is 0. The third-order valence-corrected chi connectivity index (χ3v) is 0.847. The van der Waals surface area contributed by atoms with Crippen molar-refractivity contribution in [2.24, 2.45) is 4.99 Å². The first-order chi connectivity index (χ1) is 4.43. The van der Waals surface area contributed by atoms with Gasteiger partial charge in [0.05, 0.1) is 12.7 Å². The maximum Gasteiger partial charge on any atom is 0.331 e. The number of rotatable bonds is 2. The van der Waals surface area contributed by atoms with Gasteiger partial charge in [-0.1, -0.05) is 4.99 Å². The van der Waals surface area contributed by atoms with Crippen molar-refractivity contribution in [3.8, 4) is 0 Å². The fraction of sp³-hybridized carbons (Fsp3) is 0.333. The molecule has 0 atom stereocenters. The topological polar surface area (TPSA) is 35.7 Å². The smallest absolute Gasteiger partial charge is 0.331 e. The Bertz CT molecular complexity index is 170. The summed E-state index contributed by atoms with van der Waals surface area (Å²) in [5.74, 6) is 0.632. The van der Waals surface area contributed by atoms with Crippen LogP contribution in [0.1, 0.15) is 6.92 Å². The van der Waals surface area contributed by atoms with Crippen molar-refractivity contribution in [1.82, 2.24) is 4.99 Å². The molecule has 0 aromatic carbocycles. The van der Waals surface area contributed by atoms with Gasteiger partial charge in [-0.25, -0.2) is 0 Å². The van der Waals surface area contributed by atoms with Gasteiger partial charge >= 0.3 is 12.2 Å². The van der Waals surface area contributed by atoms with Gasteiger partial charge in [0.2, 0.25) is 0 Å². The monoisotopic (exact) mass is 124 g/mol. The summed E-state index contributed by atoms with van der Waals surface area (Å²) < 4.78 is 5.05. The third kappa shape index (κ3) is 1.68. The van der Waals surface area contributed by atoms with E-state index < -0.39 is 0 Å². The van der Waals surface area contributed by atoms with E-state index >= 15 is 0 Å². The van der Waals surface area contributed by atoms with Crippen molar-refractivity contribution in [3.63, 3.8) is 0 Å². The van der Waals surface area contributed by atoms with E-state index in [9.17, 15) is 0 Å². The van der Waals surface area contributed by atoms with Gasteiger partial charge in [0.1, 0.15) is 6.21 Å². The highest BCUT2D eigenvalue weighted by Crippen LogP contribution is 1.96. The molecule has 0 unspecified atom stereocenters. The quantitative estimate of drug-likeness (QED) is 0.522. The van der Waals surface area contributed by atoms with E-state index in [0.717, 1.165) is 0 Å². The van der Waals surface area contributed by atoms with Gasteiger partial charge < -0.3 is 4.74 Å². The Morgan fingerprint density at radius 2 is 2.67 bits per heavy atom. The molecule has 1 aliphatic heterocycles. The minimum Gasteiger partial charge on any atom is -0.460 e. The largest absolute Gasteiger partial charge is 0.460 e. The molecule has 0 N–H and O–H groups in total. The van der Waals surface area contributed by atoms with E-state index in [1.807, 2.05) is 6.92 Å². The summed E-state index contributed by atoms with van der Waals surface area (Å²) in [6.45, 7) is 2.57. The van der Waals surface area contributed by atoms with Crippen molar-refractivity contribution in [2.45, 2.75) is 6.92 Å². The lowest BCUT2D eigenvalue weighted by Crippen LogP contribution is -1.98. The molecule has 0 saturated carbocycles. The van der Waals surface area contributed by atoms with E-state index in [1.165, 1.54) is 6.34 Å². The molecule has 9 heavy (non-hydrogen) atoms. The Morgan fingerprint density at radius 3 is 3.22 bits per heavy atom. The highest BCUT2D eigenvalue weighted by molar-refractivity contribution is 5.80. The van der Waals surface area contributed by atoms with Crippen LogP contribution in [-0.4, -0.2) is 19.2 Å². The van der Waals surface area contributed by atoms with Crippen molar-refractivity contribution in [2.75, 3.05) is 6.61 Å². The number of aliphatic imine (C=N–C) groups is 2. The normalized spacial score (nSPS) is 15.4. The number of allylic oxidation sites excluding steroid dienone is 1. The number of hydrogen-bond acceptors (Lipinski definition) is 3. The zero-order valence-electron chi connectivity index (χ0n) is 5.24. The number of hydrogen-bond donors (Lipinski definition) is 0. The molecule has 0 spiro atoms. The molecule has 1 rings (SSSR count). The van der Waals surface area contributed by atoms with Crippen LogP contribution in [0.2, 0.25) is 0 Å². The lowest BCUT2D eigenvalue weighted by Gasteiger charge is -1.93. The van der Waals surface area contributed by atoms with Crippen LogP contribution < -0.4 is 4.99 Å². The van der Waals surface area contributed by atoms with Crippen molar-refractivity contribution >= 4 is 12.6 Å². The van der Waals surface area contributed by atoms with Gasteiger partial charge in [-0.2, -0.15) is 0 Å². The predicted molar refractivity (Wildman–Crippen MR) is 36.4 cm³/mol. The molecule has 0 fully saturated rings. The van der Waals surface area contributed by atoms with Gasteiger partial charge in [0.25, 0.3) is 0 Å². The summed E-state index contributed by atoms with van der Waals surface area (Å²) in [4.78, 5) is 7.57. The number of nitrogens with zero attached hydrogens (tertiary/aromatic N) is 2. The average molecular weight is 124 g/mol. The van der Waals surface area contributed by atoms with Crippen LogP contribution in [0.3, 0.4) is 0 Å². The third-order valence-electron chi connectivity index (χ3n) is 0.847. The molecule has 1 heterocycles. The van der Waals surface area contributed by atoms with E-state index in [-0.39, 0.29) is 0 Å². The first-order valence-corrected chi connectivity index (χ1v) is 2.82. The zero-order chi connectivity index (χ0) is 6.53. The van der Waals surface area contributed by atoms with Gasteiger partial charge in [-0.3, -0.25) is 0 Å².